The molecule has 1 unspecified atom stereocenters. The molecule has 12 heteroatoms. The van der Waals surface area contributed by atoms with Crippen LogP contribution in [0.5, 0.6) is 0 Å². The van der Waals surface area contributed by atoms with Crippen LogP contribution in [0.25, 0.3) is 0 Å². The maximum atomic E-state index is 12.0. The SMILES string of the molecule is CC.CCNCCNC(=O)CCC(C(=O)O)N1CCN(CC(=O)O)CCN(CC(=O)O)CC1. The maximum absolute atomic E-state index is 12.0. The summed E-state index contributed by atoms with van der Waals surface area (Å²) in [5.41, 5.74) is 0. The molecule has 1 saturated heterocycles. The van der Waals surface area contributed by atoms with Crippen molar-refractivity contribution in [3.63, 3.8) is 0 Å². The number of hydrogen-bond donors (Lipinski definition) is 5. The molecule has 0 aliphatic carbocycles. The minimum Gasteiger partial charge on any atom is -0.480 e. The Balaban J connectivity index is 0.00000497. The Morgan fingerprint density at radius 3 is 1.73 bits per heavy atom. The number of carboxylic acids is 3. The van der Waals surface area contributed by atoms with Crippen molar-refractivity contribution in [1.82, 2.24) is 25.3 Å². The van der Waals surface area contributed by atoms with E-state index in [-0.39, 0.29) is 31.8 Å². The third-order valence-electron chi connectivity index (χ3n) is 5.10. The van der Waals surface area contributed by atoms with Crippen LogP contribution < -0.4 is 10.6 Å². The van der Waals surface area contributed by atoms with Gasteiger partial charge >= 0.3 is 17.9 Å². The number of likely N-dealkylation sites (N-methyl/N-ethyl adjacent to an activating group) is 1. The highest BCUT2D eigenvalue weighted by molar-refractivity contribution is 5.78. The summed E-state index contributed by atoms with van der Waals surface area (Å²) < 4.78 is 0. The molecule has 0 radical (unpaired) electrons. The van der Waals surface area contributed by atoms with Crippen LogP contribution in [0.4, 0.5) is 0 Å². The number of carboxylic acid groups (broad SMARTS) is 3. The summed E-state index contributed by atoms with van der Waals surface area (Å²) in [6.45, 7) is 9.49. The second-order valence-corrected chi connectivity index (χ2v) is 7.47. The van der Waals surface area contributed by atoms with Crippen molar-refractivity contribution in [3.05, 3.63) is 0 Å². The third kappa shape index (κ3) is 14.5. The topological polar surface area (TPSA) is 163 Å². The molecule has 192 valence electrons. The van der Waals surface area contributed by atoms with E-state index in [1.54, 1.807) is 14.7 Å². The monoisotopic (exact) mass is 475 g/mol. The Bertz CT molecular complexity index is 578. The van der Waals surface area contributed by atoms with Crippen LogP contribution in [0, 0.1) is 0 Å². The number of aliphatic carboxylic acids is 3. The summed E-state index contributed by atoms with van der Waals surface area (Å²) in [7, 11) is 0. The molecule has 0 bridgehead atoms. The Kier molecular flexibility index (Phi) is 16.9. The van der Waals surface area contributed by atoms with E-state index in [9.17, 15) is 24.3 Å². The van der Waals surface area contributed by atoms with E-state index in [0.29, 0.717) is 52.4 Å². The molecule has 0 aromatic heterocycles. The number of hydrogen-bond acceptors (Lipinski definition) is 8. The summed E-state index contributed by atoms with van der Waals surface area (Å²) in [6, 6.07) is -0.920. The molecule has 0 spiro atoms. The van der Waals surface area contributed by atoms with Crippen molar-refractivity contribution in [3.8, 4) is 0 Å². The molecule has 1 aliphatic rings. The lowest BCUT2D eigenvalue weighted by Crippen LogP contribution is -2.47. The van der Waals surface area contributed by atoms with Gasteiger partial charge in [-0.1, -0.05) is 20.8 Å². The van der Waals surface area contributed by atoms with Gasteiger partial charge in [-0.25, -0.2) is 0 Å². The first-order chi connectivity index (χ1) is 15.7. The van der Waals surface area contributed by atoms with Crippen LogP contribution in [0.2, 0.25) is 0 Å². The highest BCUT2D eigenvalue weighted by atomic mass is 16.4. The molecule has 1 aliphatic heterocycles. The number of rotatable bonds is 13. The fourth-order valence-electron chi connectivity index (χ4n) is 3.45. The van der Waals surface area contributed by atoms with Gasteiger partial charge in [0.1, 0.15) is 6.04 Å². The molecule has 1 rings (SSSR count). The summed E-state index contributed by atoms with van der Waals surface area (Å²) in [6.07, 6.45) is 0.164. The van der Waals surface area contributed by atoms with Gasteiger partial charge in [0, 0.05) is 58.8 Å². The lowest BCUT2D eigenvalue weighted by molar-refractivity contribution is -0.144. The summed E-state index contributed by atoms with van der Waals surface area (Å²) in [4.78, 5) is 51.3. The predicted octanol–water partition coefficient (Wildman–Crippen LogP) is -0.939. The maximum Gasteiger partial charge on any atom is 0.320 e. The van der Waals surface area contributed by atoms with E-state index in [1.165, 1.54) is 0 Å². The first kappa shape index (κ1) is 30.7. The van der Waals surface area contributed by atoms with Gasteiger partial charge in [-0.3, -0.25) is 33.9 Å². The molecule has 12 nitrogen and oxygen atoms in total. The van der Waals surface area contributed by atoms with Gasteiger partial charge < -0.3 is 26.0 Å². The Labute approximate surface area is 195 Å². The van der Waals surface area contributed by atoms with E-state index in [2.05, 4.69) is 10.6 Å². The molecule has 1 fully saturated rings. The zero-order valence-corrected chi connectivity index (χ0v) is 20.1. The van der Waals surface area contributed by atoms with Crippen LogP contribution >= 0.6 is 0 Å². The molecule has 5 N–H and O–H groups in total. The van der Waals surface area contributed by atoms with Gasteiger partial charge in [-0.2, -0.15) is 0 Å². The van der Waals surface area contributed by atoms with Gasteiger partial charge in [-0.15, -0.1) is 0 Å². The zero-order chi connectivity index (χ0) is 25.2. The molecule has 0 saturated carbocycles. The van der Waals surface area contributed by atoms with Crippen LogP contribution in [0.15, 0.2) is 0 Å². The summed E-state index contributed by atoms with van der Waals surface area (Å²) in [5, 5.41) is 33.8. The minimum absolute atomic E-state index is 0.0528. The van der Waals surface area contributed by atoms with Crippen molar-refractivity contribution in [2.24, 2.45) is 0 Å². The van der Waals surface area contributed by atoms with Gasteiger partial charge in [0.15, 0.2) is 0 Å². The fraction of sp³-hybridized carbons (Fsp3) is 0.810. The molecular formula is C21H41N5O7. The van der Waals surface area contributed by atoms with Crippen LogP contribution in [-0.2, 0) is 19.2 Å². The first-order valence-corrected chi connectivity index (χ1v) is 11.6. The molecule has 1 atom stereocenters. The second-order valence-electron chi connectivity index (χ2n) is 7.47. The number of carbonyl (C=O) groups is 4. The summed E-state index contributed by atoms with van der Waals surface area (Å²) >= 11 is 0. The highest BCUT2D eigenvalue weighted by Crippen LogP contribution is 2.11. The number of nitrogens with one attached hydrogen (secondary N) is 2. The Morgan fingerprint density at radius 1 is 0.818 bits per heavy atom. The number of amides is 1. The quantitative estimate of drug-likeness (QED) is 0.209. The standard InChI is InChI=1S/C19H35N5O7.C2H6/c1-2-20-5-6-21-16(25)4-3-15(19(30)31)24-11-9-22(13-17(26)27)7-8-23(10-12-24)14-18(28)29;1-2/h15,20H,2-14H2,1H3,(H,21,25)(H,26,27)(H,28,29)(H,30,31);1-2H3. The van der Waals surface area contributed by atoms with E-state index in [1.807, 2.05) is 20.8 Å². The van der Waals surface area contributed by atoms with Crippen molar-refractivity contribution < 1.29 is 34.5 Å². The second kappa shape index (κ2) is 18.2. The van der Waals surface area contributed by atoms with E-state index >= 15 is 0 Å². The average molecular weight is 476 g/mol. The Morgan fingerprint density at radius 2 is 1.30 bits per heavy atom. The minimum atomic E-state index is -1.06. The molecule has 0 aromatic rings. The van der Waals surface area contributed by atoms with Gasteiger partial charge in [0.2, 0.25) is 5.91 Å². The van der Waals surface area contributed by atoms with Crippen molar-refractivity contribution in [2.75, 3.05) is 72.0 Å². The fourth-order valence-corrected chi connectivity index (χ4v) is 3.45. The lowest BCUT2D eigenvalue weighted by atomic mass is 10.1. The van der Waals surface area contributed by atoms with E-state index < -0.39 is 23.9 Å². The van der Waals surface area contributed by atoms with Crippen molar-refractivity contribution >= 4 is 23.8 Å². The Hall–Kier alpha value is -2.28. The summed E-state index contributed by atoms with van der Waals surface area (Å²) in [5.74, 6) is -3.29. The zero-order valence-electron chi connectivity index (χ0n) is 20.1. The molecular weight excluding hydrogens is 434 g/mol. The molecule has 0 aromatic carbocycles. The van der Waals surface area contributed by atoms with Crippen molar-refractivity contribution in [1.29, 1.82) is 0 Å². The largest absolute Gasteiger partial charge is 0.480 e. The number of carbonyl (C=O) groups excluding carboxylic acids is 1. The average Bonchev–Trinajstić information content (AvgIpc) is 2.84. The molecule has 33 heavy (non-hydrogen) atoms. The van der Waals surface area contributed by atoms with Crippen LogP contribution in [0.1, 0.15) is 33.6 Å². The normalized spacial score (nSPS) is 16.9. The van der Waals surface area contributed by atoms with Gasteiger partial charge in [0.05, 0.1) is 13.1 Å². The van der Waals surface area contributed by atoms with Crippen LogP contribution in [-0.4, -0.2) is 132 Å². The molecule has 1 heterocycles. The predicted molar refractivity (Wildman–Crippen MR) is 123 cm³/mol. The van der Waals surface area contributed by atoms with Gasteiger partial charge in [0.25, 0.3) is 0 Å². The molecule has 1 amide bonds. The highest BCUT2D eigenvalue weighted by Gasteiger charge is 2.28. The van der Waals surface area contributed by atoms with E-state index in [4.69, 9.17) is 10.2 Å². The van der Waals surface area contributed by atoms with E-state index in [0.717, 1.165) is 6.54 Å². The van der Waals surface area contributed by atoms with Crippen LogP contribution in [0.3, 0.4) is 0 Å². The van der Waals surface area contributed by atoms with Gasteiger partial charge in [-0.05, 0) is 13.0 Å². The lowest BCUT2D eigenvalue weighted by Gasteiger charge is -2.30. The number of nitrogens with zero attached hydrogens (tertiary/aromatic N) is 3. The van der Waals surface area contributed by atoms with Crippen molar-refractivity contribution in [2.45, 2.75) is 39.7 Å². The smallest absolute Gasteiger partial charge is 0.320 e. The first-order valence-electron chi connectivity index (χ1n) is 11.6. The third-order valence-corrected chi connectivity index (χ3v) is 5.10.